The molecule has 2 aliphatic rings. The van der Waals surface area contributed by atoms with E-state index in [1.807, 2.05) is 30.3 Å². The number of benzene rings is 1. The third-order valence-electron chi connectivity index (χ3n) is 5.57. The highest BCUT2D eigenvalue weighted by atomic mass is 16.7. The van der Waals surface area contributed by atoms with Crippen molar-refractivity contribution in [2.24, 2.45) is 0 Å². The van der Waals surface area contributed by atoms with Gasteiger partial charge in [0, 0.05) is 31.5 Å². The second-order valence-corrected chi connectivity index (χ2v) is 8.65. The van der Waals surface area contributed by atoms with E-state index in [4.69, 9.17) is 9.47 Å². The Labute approximate surface area is 171 Å². The van der Waals surface area contributed by atoms with Gasteiger partial charge in [-0.05, 0) is 35.2 Å². The molecule has 3 heterocycles. The van der Waals surface area contributed by atoms with Crippen molar-refractivity contribution in [1.82, 2.24) is 10.2 Å². The Bertz CT molecular complexity index is 843. The van der Waals surface area contributed by atoms with Crippen LogP contribution in [-0.2, 0) is 14.9 Å². The first-order chi connectivity index (χ1) is 13.8. The van der Waals surface area contributed by atoms with Crippen molar-refractivity contribution in [3.05, 3.63) is 47.5 Å². The van der Waals surface area contributed by atoms with Crippen molar-refractivity contribution in [3.8, 4) is 0 Å². The normalized spacial score (nSPS) is 18.8. The van der Waals surface area contributed by atoms with Gasteiger partial charge in [0.25, 0.3) is 5.91 Å². The third-order valence-corrected chi connectivity index (χ3v) is 5.57. The fourth-order valence-corrected chi connectivity index (χ4v) is 3.73. The first kappa shape index (κ1) is 19.8. The van der Waals surface area contributed by atoms with Gasteiger partial charge in [-0.1, -0.05) is 32.9 Å². The van der Waals surface area contributed by atoms with Gasteiger partial charge in [0.1, 0.15) is 0 Å². The Hall–Kier alpha value is -2.51. The van der Waals surface area contributed by atoms with Crippen LogP contribution in [0.1, 0.15) is 49.5 Å². The Morgan fingerprint density at radius 2 is 1.66 bits per heavy atom. The summed E-state index contributed by atoms with van der Waals surface area (Å²) in [5.74, 6) is 0.642. The lowest BCUT2D eigenvalue weighted by Gasteiger charge is -2.37. The lowest BCUT2D eigenvalue weighted by atomic mass is 9.87. The van der Waals surface area contributed by atoms with Gasteiger partial charge in [-0.3, -0.25) is 4.79 Å². The molecule has 0 atom stereocenters. The summed E-state index contributed by atoms with van der Waals surface area (Å²) in [5, 5.41) is 11.3. The van der Waals surface area contributed by atoms with Gasteiger partial charge in [-0.15, -0.1) is 10.2 Å². The number of nitrogens with zero attached hydrogens (tertiary/aromatic N) is 3. The maximum absolute atomic E-state index is 12.5. The number of aromatic nitrogens is 2. The molecule has 2 fully saturated rings. The molecule has 7 heteroatoms. The number of rotatable bonds is 3. The monoisotopic (exact) mass is 396 g/mol. The van der Waals surface area contributed by atoms with Crippen molar-refractivity contribution < 1.29 is 14.3 Å². The van der Waals surface area contributed by atoms with Crippen molar-refractivity contribution >= 4 is 17.5 Å². The van der Waals surface area contributed by atoms with E-state index in [1.54, 1.807) is 6.07 Å². The highest BCUT2D eigenvalue weighted by Gasteiger charge is 2.40. The predicted molar refractivity (Wildman–Crippen MR) is 111 cm³/mol. The van der Waals surface area contributed by atoms with Crippen LogP contribution in [0.4, 0.5) is 11.6 Å². The number of ether oxygens (including phenoxy) is 2. The minimum absolute atomic E-state index is 0.0560. The van der Waals surface area contributed by atoms with Crippen LogP contribution < -0.4 is 10.2 Å². The number of carbonyl (C=O) groups excluding carboxylic acids is 1. The molecule has 4 rings (SSSR count). The Morgan fingerprint density at radius 3 is 2.21 bits per heavy atom. The van der Waals surface area contributed by atoms with Crippen LogP contribution in [0.5, 0.6) is 0 Å². The smallest absolute Gasteiger partial charge is 0.256 e. The highest BCUT2D eigenvalue weighted by molar-refractivity contribution is 6.03. The molecule has 0 radical (unpaired) electrons. The quantitative estimate of drug-likeness (QED) is 0.857. The topological polar surface area (TPSA) is 76.6 Å². The number of piperidine rings is 1. The van der Waals surface area contributed by atoms with Crippen LogP contribution in [0.3, 0.4) is 0 Å². The van der Waals surface area contributed by atoms with E-state index in [-0.39, 0.29) is 11.3 Å². The molecule has 0 bridgehead atoms. The summed E-state index contributed by atoms with van der Waals surface area (Å²) in [6.07, 6.45) is 1.63. The van der Waals surface area contributed by atoms with Crippen LogP contribution in [0.25, 0.3) is 0 Å². The molecular weight excluding hydrogens is 368 g/mol. The number of anilines is 2. The highest BCUT2D eigenvalue weighted by Crippen LogP contribution is 2.32. The van der Waals surface area contributed by atoms with E-state index >= 15 is 0 Å². The first-order valence-corrected chi connectivity index (χ1v) is 10.1. The number of hydrogen-bond acceptors (Lipinski definition) is 6. The summed E-state index contributed by atoms with van der Waals surface area (Å²) >= 11 is 0. The summed E-state index contributed by atoms with van der Waals surface area (Å²) in [6, 6.07) is 11.3. The molecule has 1 aromatic carbocycles. The number of amides is 1. The second kappa shape index (κ2) is 7.72. The molecule has 2 saturated heterocycles. The minimum atomic E-state index is -0.402. The van der Waals surface area contributed by atoms with E-state index in [0.29, 0.717) is 24.6 Å². The van der Waals surface area contributed by atoms with E-state index in [9.17, 15) is 4.79 Å². The van der Waals surface area contributed by atoms with Gasteiger partial charge in [0.15, 0.2) is 17.4 Å². The largest absolute Gasteiger partial charge is 0.355 e. The van der Waals surface area contributed by atoms with Crippen LogP contribution in [0.2, 0.25) is 0 Å². The fraction of sp³-hybridized carbons (Fsp3) is 0.500. The molecule has 154 valence electrons. The average molecular weight is 396 g/mol. The van der Waals surface area contributed by atoms with Crippen LogP contribution in [-0.4, -0.2) is 48.2 Å². The molecule has 2 aliphatic heterocycles. The van der Waals surface area contributed by atoms with Gasteiger partial charge >= 0.3 is 0 Å². The maximum atomic E-state index is 12.5. The second-order valence-electron chi connectivity index (χ2n) is 8.65. The minimum Gasteiger partial charge on any atom is -0.355 e. The average Bonchev–Trinajstić information content (AvgIpc) is 3.17. The fourth-order valence-electron chi connectivity index (χ4n) is 3.73. The summed E-state index contributed by atoms with van der Waals surface area (Å²) in [5.41, 5.74) is 1.84. The summed E-state index contributed by atoms with van der Waals surface area (Å²) in [7, 11) is 0. The van der Waals surface area contributed by atoms with Crippen LogP contribution >= 0.6 is 0 Å². The molecule has 0 saturated carbocycles. The van der Waals surface area contributed by atoms with Crippen molar-refractivity contribution in [3.63, 3.8) is 0 Å². The number of carbonyl (C=O) groups is 1. The SMILES string of the molecule is CC(C)(C)c1ccc(C(=O)Nc2ccc(N3CCC4(CC3)OCCO4)nn2)cc1. The predicted octanol–water partition coefficient (Wildman–Crippen LogP) is 3.37. The summed E-state index contributed by atoms with van der Waals surface area (Å²) in [6.45, 7) is 9.40. The molecule has 0 aliphatic carbocycles. The first-order valence-electron chi connectivity index (χ1n) is 10.1. The summed E-state index contributed by atoms with van der Waals surface area (Å²) < 4.78 is 11.5. The molecule has 29 heavy (non-hydrogen) atoms. The van der Waals surface area contributed by atoms with Gasteiger partial charge < -0.3 is 19.7 Å². The van der Waals surface area contributed by atoms with E-state index in [2.05, 4.69) is 41.2 Å². The third kappa shape index (κ3) is 4.41. The van der Waals surface area contributed by atoms with Crippen LogP contribution in [0, 0.1) is 0 Å². The van der Waals surface area contributed by atoms with Crippen molar-refractivity contribution in [2.75, 3.05) is 36.5 Å². The Morgan fingerprint density at radius 1 is 1.00 bits per heavy atom. The molecule has 1 N–H and O–H groups in total. The molecule has 2 aromatic rings. The zero-order valence-electron chi connectivity index (χ0n) is 17.3. The molecule has 7 nitrogen and oxygen atoms in total. The zero-order chi connectivity index (χ0) is 20.5. The van der Waals surface area contributed by atoms with Gasteiger partial charge in [0.2, 0.25) is 0 Å². The Kier molecular flexibility index (Phi) is 5.27. The number of hydrogen-bond donors (Lipinski definition) is 1. The number of nitrogens with one attached hydrogen (secondary N) is 1. The lowest BCUT2D eigenvalue weighted by Crippen LogP contribution is -2.45. The molecule has 0 unspecified atom stereocenters. The molecule has 1 amide bonds. The van der Waals surface area contributed by atoms with E-state index in [1.165, 1.54) is 5.56 Å². The molecule has 1 spiro atoms. The van der Waals surface area contributed by atoms with Crippen LogP contribution in [0.15, 0.2) is 36.4 Å². The Balaban J connectivity index is 1.35. The van der Waals surface area contributed by atoms with Gasteiger partial charge in [0.05, 0.1) is 13.2 Å². The summed E-state index contributed by atoms with van der Waals surface area (Å²) in [4.78, 5) is 14.7. The van der Waals surface area contributed by atoms with Gasteiger partial charge in [-0.2, -0.15) is 0 Å². The standard InChI is InChI=1S/C22H28N4O3/c1-21(2,3)17-6-4-16(5-7-17)20(27)23-18-8-9-19(25-24-18)26-12-10-22(11-13-26)28-14-15-29-22/h4-9H,10-15H2,1-3H3,(H,23,24,27). The van der Waals surface area contributed by atoms with Crippen molar-refractivity contribution in [1.29, 1.82) is 0 Å². The van der Waals surface area contributed by atoms with Gasteiger partial charge in [-0.25, -0.2) is 0 Å². The van der Waals surface area contributed by atoms with E-state index in [0.717, 1.165) is 31.7 Å². The lowest BCUT2D eigenvalue weighted by molar-refractivity contribution is -0.169. The molecular formula is C22H28N4O3. The zero-order valence-corrected chi connectivity index (χ0v) is 17.3. The maximum Gasteiger partial charge on any atom is 0.256 e. The van der Waals surface area contributed by atoms with E-state index < -0.39 is 5.79 Å². The molecule has 1 aromatic heterocycles. The van der Waals surface area contributed by atoms with Crippen molar-refractivity contribution in [2.45, 2.75) is 44.8 Å².